The Hall–Kier alpha value is -0.910. The zero-order chi connectivity index (χ0) is 9.84. The highest BCUT2D eigenvalue weighted by atomic mass is 79.9. The Labute approximate surface area is 83.4 Å². The molecule has 0 saturated heterocycles. The van der Waals surface area contributed by atoms with Gasteiger partial charge in [-0.25, -0.2) is 10.7 Å². The van der Waals surface area contributed by atoms with Gasteiger partial charge in [0.15, 0.2) is 0 Å². The second-order valence-electron chi connectivity index (χ2n) is 2.41. The molecule has 1 rings (SSSR count). The highest BCUT2D eigenvalue weighted by Crippen LogP contribution is 2.18. The molecule has 0 radical (unpaired) electrons. The standard InChI is InChI=1S/C8H8BrNO3/c9-6-3-1-5(2-4-6)7(13-10)8(11)12/h1-4,7H,10H2,(H,11,12). The van der Waals surface area contributed by atoms with Gasteiger partial charge in [0.25, 0.3) is 0 Å². The van der Waals surface area contributed by atoms with Crippen molar-refractivity contribution >= 4 is 21.9 Å². The molecule has 1 unspecified atom stereocenters. The molecule has 0 aliphatic carbocycles. The molecule has 0 bridgehead atoms. The minimum absolute atomic E-state index is 0.512. The Morgan fingerprint density at radius 1 is 1.46 bits per heavy atom. The average molecular weight is 246 g/mol. The molecular formula is C8H8BrNO3. The van der Waals surface area contributed by atoms with E-state index < -0.39 is 12.1 Å². The van der Waals surface area contributed by atoms with Crippen molar-refractivity contribution in [1.29, 1.82) is 0 Å². The van der Waals surface area contributed by atoms with Crippen LogP contribution in [-0.4, -0.2) is 11.1 Å². The number of aliphatic carboxylic acids is 1. The quantitative estimate of drug-likeness (QED) is 0.792. The van der Waals surface area contributed by atoms with E-state index in [0.717, 1.165) is 4.47 Å². The first-order valence-corrected chi connectivity index (χ1v) is 4.28. The summed E-state index contributed by atoms with van der Waals surface area (Å²) < 4.78 is 0.873. The van der Waals surface area contributed by atoms with Gasteiger partial charge in [-0.3, -0.25) is 4.84 Å². The maximum absolute atomic E-state index is 10.6. The summed E-state index contributed by atoms with van der Waals surface area (Å²) in [6.07, 6.45) is -1.10. The third-order valence-electron chi connectivity index (χ3n) is 1.53. The molecule has 0 heterocycles. The predicted molar refractivity (Wildman–Crippen MR) is 49.8 cm³/mol. The highest BCUT2D eigenvalue weighted by Gasteiger charge is 2.19. The Kier molecular flexibility index (Phi) is 3.41. The van der Waals surface area contributed by atoms with E-state index in [1.165, 1.54) is 0 Å². The molecule has 0 saturated carbocycles. The monoisotopic (exact) mass is 245 g/mol. The molecule has 0 fully saturated rings. The summed E-state index contributed by atoms with van der Waals surface area (Å²) in [6, 6.07) is 6.72. The van der Waals surface area contributed by atoms with Crippen molar-refractivity contribution in [3.05, 3.63) is 34.3 Å². The smallest absolute Gasteiger partial charge is 0.339 e. The number of hydrogen-bond acceptors (Lipinski definition) is 3. The number of carboxylic acids is 1. The van der Waals surface area contributed by atoms with Crippen molar-refractivity contribution in [2.45, 2.75) is 6.10 Å². The van der Waals surface area contributed by atoms with E-state index in [-0.39, 0.29) is 0 Å². The summed E-state index contributed by atoms with van der Waals surface area (Å²) in [5.74, 6) is 3.74. The van der Waals surface area contributed by atoms with Crippen molar-refractivity contribution in [1.82, 2.24) is 0 Å². The number of nitrogens with two attached hydrogens (primary N) is 1. The zero-order valence-corrected chi connectivity index (χ0v) is 8.19. The van der Waals surface area contributed by atoms with Gasteiger partial charge in [0.1, 0.15) is 0 Å². The first kappa shape index (κ1) is 10.2. The van der Waals surface area contributed by atoms with Crippen LogP contribution < -0.4 is 5.90 Å². The van der Waals surface area contributed by atoms with Gasteiger partial charge in [0.2, 0.25) is 6.10 Å². The third kappa shape index (κ3) is 2.51. The normalized spacial score (nSPS) is 12.5. The molecule has 0 aliphatic rings. The molecule has 70 valence electrons. The fourth-order valence-corrected chi connectivity index (χ4v) is 1.18. The van der Waals surface area contributed by atoms with Gasteiger partial charge in [0.05, 0.1) is 0 Å². The molecule has 5 heteroatoms. The van der Waals surface area contributed by atoms with E-state index >= 15 is 0 Å². The van der Waals surface area contributed by atoms with E-state index in [0.29, 0.717) is 5.56 Å². The number of hydrogen-bond donors (Lipinski definition) is 2. The lowest BCUT2D eigenvalue weighted by Gasteiger charge is -2.09. The van der Waals surface area contributed by atoms with Crippen LogP contribution in [0.4, 0.5) is 0 Å². The fraction of sp³-hybridized carbons (Fsp3) is 0.125. The van der Waals surface area contributed by atoms with Gasteiger partial charge in [-0.15, -0.1) is 0 Å². The van der Waals surface area contributed by atoms with Gasteiger partial charge in [-0.05, 0) is 17.7 Å². The first-order valence-electron chi connectivity index (χ1n) is 3.49. The first-order chi connectivity index (χ1) is 6.15. The second-order valence-corrected chi connectivity index (χ2v) is 3.32. The SMILES string of the molecule is NOC(C(=O)O)c1ccc(Br)cc1. The number of rotatable bonds is 3. The van der Waals surface area contributed by atoms with Crippen LogP contribution in [0.2, 0.25) is 0 Å². The maximum atomic E-state index is 10.6. The van der Waals surface area contributed by atoms with E-state index in [1.807, 2.05) is 0 Å². The van der Waals surface area contributed by atoms with Crippen molar-refractivity contribution in [2.24, 2.45) is 5.90 Å². The van der Waals surface area contributed by atoms with E-state index in [9.17, 15) is 4.79 Å². The van der Waals surface area contributed by atoms with Crippen LogP contribution in [0.3, 0.4) is 0 Å². The molecule has 1 aromatic rings. The number of benzene rings is 1. The molecule has 0 aliphatic heterocycles. The lowest BCUT2D eigenvalue weighted by molar-refractivity contribution is -0.151. The van der Waals surface area contributed by atoms with Crippen LogP contribution in [0.15, 0.2) is 28.7 Å². The van der Waals surface area contributed by atoms with Crippen LogP contribution in [-0.2, 0) is 9.63 Å². The summed E-state index contributed by atoms with van der Waals surface area (Å²) in [6.45, 7) is 0. The van der Waals surface area contributed by atoms with Crippen LogP contribution in [0, 0.1) is 0 Å². The lowest BCUT2D eigenvalue weighted by Crippen LogP contribution is -2.18. The molecule has 0 amide bonds. The van der Waals surface area contributed by atoms with Gasteiger partial charge >= 0.3 is 5.97 Å². The van der Waals surface area contributed by atoms with E-state index in [1.54, 1.807) is 24.3 Å². The van der Waals surface area contributed by atoms with Gasteiger partial charge in [-0.2, -0.15) is 0 Å². The minimum Gasteiger partial charge on any atom is -0.479 e. The van der Waals surface area contributed by atoms with E-state index in [4.69, 9.17) is 11.0 Å². The molecule has 0 spiro atoms. The summed E-state index contributed by atoms with van der Waals surface area (Å²) in [7, 11) is 0. The molecule has 1 aromatic carbocycles. The molecule has 4 nitrogen and oxygen atoms in total. The second kappa shape index (κ2) is 4.36. The van der Waals surface area contributed by atoms with E-state index in [2.05, 4.69) is 20.8 Å². The van der Waals surface area contributed by atoms with Crippen molar-refractivity contribution in [2.75, 3.05) is 0 Å². The van der Waals surface area contributed by atoms with Crippen LogP contribution in [0.1, 0.15) is 11.7 Å². The summed E-state index contributed by atoms with van der Waals surface area (Å²) in [5, 5.41) is 8.68. The summed E-state index contributed by atoms with van der Waals surface area (Å²) >= 11 is 3.23. The fourth-order valence-electron chi connectivity index (χ4n) is 0.917. The highest BCUT2D eigenvalue weighted by molar-refractivity contribution is 9.10. The van der Waals surface area contributed by atoms with Crippen LogP contribution in [0.25, 0.3) is 0 Å². The van der Waals surface area contributed by atoms with Gasteiger partial charge < -0.3 is 5.11 Å². The minimum atomic E-state index is -1.11. The molecule has 3 N–H and O–H groups in total. The summed E-state index contributed by atoms with van der Waals surface area (Å²) in [5.41, 5.74) is 0.512. The zero-order valence-electron chi connectivity index (χ0n) is 6.61. The Bertz CT molecular complexity index is 299. The van der Waals surface area contributed by atoms with Crippen molar-refractivity contribution in [3.8, 4) is 0 Å². The Morgan fingerprint density at radius 2 is 2.00 bits per heavy atom. The predicted octanol–water partition coefficient (Wildman–Crippen LogP) is 1.47. The van der Waals surface area contributed by atoms with Crippen LogP contribution in [0.5, 0.6) is 0 Å². The number of carboxylic acid groups (broad SMARTS) is 1. The topological polar surface area (TPSA) is 72.5 Å². The Morgan fingerprint density at radius 3 is 2.38 bits per heavy atom. The molecule has 1 atom stereocenters. The molecule has 0 aromatic heterocycles. The van der Waals surface area contributed by atoms with Crippen LogP contribution >= 0.6 is 15.9 Å². The van der Waals surface area contributed by atoms with Crippen molar-refractivity contribution in [3.63, 3.8) is 0 Å². The maximum Gasteiger partial charge on any atom is 0.339 e. The average Bonchev–Trinajstić information content (AvgIpc) is 2.09. The number of halogens is 1. The lowest BCUT2D eigenvalue weighted by atomic mass is 10.1. The number of carbonyl (C=O) groups is 1. The third-order valence-corrected chi connectivity index (χ3v) is 2.06. The van der Waals surface area contributed by atoms with Crippen molar-refractivity contribution < 1.29 is 14.7 Å². The largest absolute Gasteiger partial charge is 0.479 e. The van der Waals surface area contributed by atoms with Gasteiger partial charge in [-0.1, -0.05) is 28.1 Å². The molecular weight excluding hydrogens is 238 g/mol. The summed E-state index contributed by atoms with van der Waals surface area (Å²) in [4.78, 5) is 14.9. The molecule has 13 heavy (non-hydrogen) atoms. The van der Waals surface area contributed by atoms with Gasteiger partial charge in [0, 0.05) is 4.47 Å². The Balaban J connectivity index is 2.92.